The van der Waals surface area contributed by atoms with Crippen molar-refractivity contribution in [3.63, 3.8) is 0 Å². The lowest BCUT2D eigenvalue weighted by molar-refractivity contribution is -0.158. The van der Waals surface area contributed by atoms with Crippen molar-refractivity contribution in [2.45, 2.75) is 43.2 Å². The molecule has 35 heavy (non-hydrogen) atoms. The second kappa shape index (κ2) is 8.01. The Morgan fingerprint density at radius 1 is 1.26 bits per heavy atom. The maximum Gasteiger partial charge on any atom is 0.341 e. The van der Waals surface area contributed by atoms with Gasteiger partial charge in [-0.2, -0.15) is 5.10 Å². The van der Waals surface area contributed by atoms with Crippen LogP contribution >= 0.6 is 0 Å². The monoisotopic (exact) mass is 482 g/mol. The number of methoxy groups -OCH3 is 1. The average molecular weight is 482 g/mol. The summed E-state index contributed by atoms with van der Waals surface area (Å²) in [5.74, 6) is -2.03. The summed E-state index contributed by atoms with van der Waals surface area (Å²) in [7, 11) is 1.42. The highest BCUT2D eigenvalue weighted by Crippen LogP contribution is 2.53. The first kappa shape index (κ1) is 22.0. The molecule has 1 aromatic carbocycles. The number of hydrogen-bond donors (Lipinski definition) is 2. The number of nitrogens with zero attached hydrogens (tertiary/aromatic N) is 3. The molecule has 6 rings (SSSR count). The number of ether oxygens (including phenoxy) is 2. The summed E-state index contributed by atoms with van der Waals surface area (Å²) >= 11 is 0. The molecule has 1 aliphatic heterocycles. The summed E-state index contributed by atoms with van der Waals surface area (Å²) in [5, 5.41) is 17.2. The number of pyridine rings is 1. The minimum absolute atomic E-state index is 0.0832. The number of aromatic amines is 1. The number of carboxylic acids is 1. The number of halogens is 2. The van der Waals surface area contributed by atoms with Gasteiger partial charge in [0.15, 0.2) is 17.2 Å². The summed E-state index contributed by atoms with van der Waals surface area (Å²) in [4.78, 5) is 16.4. The number of carboxylic acid groups (broad SMARTS) is 1. The van der Waals surface area contributed by atoms with Crippen LogP contribution in [0.25, 0.3) is 27.8 Å². The van der Waals surface area contributed by atoms with Gasteiger partial charge in [0.25, 0.3) is 0 Å². The number of nitrogens with one attached hydrogen (secondary N) is 1. The van der Waals surface area contributed by atoms with E-state index in [1.165, 1.54) is 13.2 Å². The van der Waals surface area contributed by atoms with Crippen molar-refractivity contribution >= 4 is 28.0 Å². The zero-order chi connectivity index (χ0) is 24.3. The zero-order valence-corrected chi connectivity index (χ0v) is 19.1. The lowest BCUT2D eigenvalue weighted by atomic mass is 9.68. The van der Waals surface area contributed by atoms with Gasteiger partial charge in [-0.3, -0.25) is 5.10 Å². The third kappa shape index (κ3) is 3.38. The molecule has 2 N–H and O–H groups in total. The van der Waals surface area contributed by atoms with E-state index in [0.29, 0.717) is 30.1 Å². The largest absolute Gasteiger partial charge is 0.494 e. The van der Waals surface area contributed by atoms with Gasteiger partial charge >= 0.3 is 5.97 Å². The van der Waals surface area contributed by atoms with Crippen LogP contribution in [-0.2, 0) is 9.53 Å². The zero-order valence-electron chi connectivity index (χ0n) is 19.1. The highest BCUT2D eigenvalue weighted by atomic mass is 19.1. The van der Waals surface area contributed by atoms with Gasteiger partial charge in [0.2, 0.25) is 5.67 Å². The normalized spacial score (nSPS) is 23.0. The van der Waals surface area contributed by atoms with Crippen molar-refractivity contribution in [2.24, 2.45) is 0 Å². The fourth-order valence-corrected chi connectivity index (χ4v) is 5.55. The van der Waals surface area contributed by atoms with Crippen molar-refractivity contribution in [1.82, 2.24) is 19.7 Å². The van der Waals surface area contributed by atoms with Crippen molar-refractivity contribution in [3.05, 3.63) is 47.5 Å². The molecular weight excluding hydrogens is 458 g/mol. The number of carbonyl (C=O) groups is 1. The summed E-state index contributed by atoms with van der Waals surface area (Å²) in [6.07, 6.45) is 2.96. The fraction of sp³-hybridized carbons (Fsp3) is 0.400. The van der Waals surface area contributed by atoms with Crippen LogP contribution in [0.5, 0.6) is 5.75 Å². The molecule has 3 aromatic heterocycles. The van der Waals surface area contributed by atoms with Gasteiger partial charge in [-0.05, 0) is 49.8 Å². The van der Waals surface area contributed by atoms with Crippen molar-refractivity contribution < 1.29 is 28.2 Å². The highest BCUT2D eigenvalue weighted by molar-refractivity contribution is 5.94. The first-order chi connectivity index (χ1) is 16.9. The molecule has 0 spiro atoms. The van der Waals surface area contributed by atoms with Crippen molar-refractivity contribution in [1.29, 1.82) is 0 Å². The van der Waals surface area contributed by atoms with E-state index in [1.54, 1.807) is 18.3 Å². The summed E-state index contributed by atoms with van der Waals surface area (Å²) in [5.41, 5.74) is 2.27. The number of rotatable bonds is 5. The third-order valence-corrected chi connectivity index (χ3v) is 7.35. The molecule has 1 saturated carbocycles. The third-order valence-electron chi connectivity index (χ3n) is 7.35. The summed E-state index contributed by atoms with van der Waals surface area (Å²) in [6.45, 7) is 1.17. The molecule has 0 atom stereocenters. The maximum atomic E-state index is 14.9. The van der Waals surface area contributed by atoms with Gasteiger partial charge in [0, 0.05) is 47.5 Å². The van der Waals surface area contributed by atoms with Crippen LogP contribution in [0.1, 0.15) is 48.8 Å². The van der Waals surface area contributed by atoms with Crippen LogP contribution in [0.4, 0.5) is 8.78 Å². The van der Waals surface area contributed by atoms with Crippen molar-refractivity contribution in [2.75, 3.05) is 20.3 Å². The molecule has 4 heterocycles. The number of benzene rings is 1. The van der Waals surface area contributed by atoms with Crippen molar-refractivity contribution in [3.8, 4) is 11.4 Å². The molecular formula is C25H24F2N4O4. The first-order valence-corrected chi connectivity index (χ1v) is 11.6. The standard InChI is InChI=1S/C25H24F2N4O4/c1-34-19-9-16(2-3-17(19)26)31-18-8-14-12-28-30-23(14)29-21(18)20(15-10-25(27,11-15)24(32)33)22(31)13-4-6-35-7-5-13/h2-3,8-9,12-13,15H,4-7,10-11H2,1H3,(H,32,33)(H,28,29,30). The Balaban J connectivity index is 1.65. The fourth-order valence-electron chi connectivity index (χ4n) is 5.55. The molecule has 0 amide bonds. The Kier molecular flexibility index (Phi) is 5.03. The maximum absolute atomic E-state index is 14.9. The number of H-pyrrole nitrogens is 1. The molecule has 0 unspecified atom stereocenters. The SMILES string of the molecule is COc1cc(-n2c(C3CCOCC3)c(C3CC(F)(C(=O)O)C3)c3nc4[nH]ncc4cc32)ccc1F. The molecule has 0 radical (unpaired) electrons. The molecule has 0 bridgehead atoms. The molecule has 1 aliphatic carbocycles. The Morgan fingerprint density at radius 2 is 2.03 bits per heavy atom. The predicted octanol–water partition coefficient (Wildman–Crippen LogP) is 4.61. The lowest BCUT2D eigenvalue weighted by Gasteiger charge is -2.39. The second-order valence-electron chi connectivity index (χ2n) is 9.38. The molecule has 182 valence electrons. The Morgan fingerprint density at radius 3 is 2.74 bits per heavy atom. The van der Waals surface area contributed by atoms with Crippen LogP contribution in [0.15, 0.2) is 30.5 Å². The van der Waals surface area contributed by atoms with Gasteiger partial charge in [-0.1, -0.05) is 0 Å². The quantitative estimate of drug-likeness (QED) is 0.431. The number of hydrogen-bond acceptors (Lipinski definition) is 5. The Bertz CT molecular complexity index is 1450. The van der Waals surface area contributed by atoms with E-state index in [4.69, 9.17) is 14.5 Å². The molecule has 1 saturated heterocycles. The summed E-state index contributed by atoms with van der Waals surface area (Å²) < 4.78 is 42.1. The highest BCUT2D eigenvalue weighted by Gasteiger charge is 2.53. The Labute approximate surface area is 198 Å². The number of aliphatic carboxylic acids is 1. The number of fused-ring (bicyclic) bond motifs is 2. The lowest BCUT2D eigenvalue weighted by Crippen LogP contribution is -2.45. The van der Waals surface area contributed by atoms with Gasteiger partial charge < -0.3 is 19.1 Å². The van der Waals surface area contributed by atoms with Crippen LogP contribution in [0, 0.1) is 5.82 Å². The van der Waals surface area contributed by atoms with E-state index in [2.05, 4.69) is 10.2 Å². The van der Waals surface area contributed by atoms with Gasteiger partial charge in [0.05, 0.1) is 24.3 Å². The van der Waals surface area contributed by atoms with Crippen LogP contribution in [-0.4, -0.2) is 56.8 Å². The van der Waals surface area contributed by atoms with Gasteiger partial charge in [-0.25, -0.2) is 18.6 Å². The van der Waals surface area contributed by atoms with Crippen LogP contribution in [0.3, 0.4) is 0 Å². The van der Waals surface area contributed by atoms with E-state index < -0.39 is 17.5 Å². The molecule has 2 aliphatic rings. The molecule has 4 aromatic rings. The predicted molar refractivity (Wildman–Crippen MR) is 123 cm³/mol. The van der Waals surface area contributed by atoms with E-state index >= 15 is 0 Å². The van der Waals surface area contributed by atoms with Gasteiger partial charge in [-0.15, -0.1) is 0 Å². The van der Waals surface area contributed by atoms with Crippen LogP contribution in [0.2, 0.25) is 0 Å². The summed E-state index contributed by atoms with van der Waals surface area (Å²) in [6, 6.07) is 6.64. The topological polar surface area (TPSA) is 102 Å². The molecule has 10 heteroatoms. The smallest absolute Gasteiger partial charge is 0.341 e. The number of aromatic nitrogens is 4. The second-order valence-corrected chi connectivity index (χ2v) is 9.38. The molecule has 2 fully saturated rings. The minimum Gasteiger partial charge on any atom is -0.494 e. The van der Waals surface area contributed by atoms with E-state index in [0.717, 1.165) is 35.0 Å². The first-order valence-electron chi connectivity index (χ1n) is 11.6. The minimum atomic E-state index is -2.25. The van der Waals surface area contributed by atoms with E-state index in [1.807, 2.05) is 10.6 Å². The number of alkyl halides is 1. The average Bonchev–Trinajstić information content (AvgIpc) is 3.43. The van der Waals surface area contributed by atoms with Crippen LogP contribution < -0.4 is 4.74 Å². The van der Waals surface area contributed by atoms with Gasteiger partial charge in [0.1, 0.15) is 0 Å². The Hall–Kier alpha value is -3.53. The van der Waals surface area contributed by atoms with E-state index in [9.17, 15) is 18.7 Å². The van der Waals surface area contributed by atoms with E-state index in [-0.39, 0.29) is 30.4 Å². The molecule has 8 nitrogen and oxygen atoms in total.